The minimum Gasteiger partial charge on any atom is -0.366 e. The minimum absolute atomic E-state index is 0.120. The summed E-state index contributed by atoms with van der Waals surface area (Å²) in [5.41, 5.74) is -0.254. The summed E-state index contributed by atoms with van der Waals surface area (Å²) < 4.78 is 8.32. The molecule has 1 aliphatic rings. The summed E-state index contributed by atoms with van der Waals surface area (Å²) in [6.45, 7) is 6.50. The molecule has 3 atom stereocenters. The minimum atomic E-state index is -0.911. The van der Waals surface area contributed by atoms with Gasteiger partial charge in [-0.3, -0.25) is 4.79 Å². The molecule has 5 nitrogen and oxygen atoms in total. The van der Waals surface area contributed by atoms with E-state index in [1.54, 1.807) is 0 Å². The highest BCUT2D eigenvalue weighted by Gasteiger charge is 2.35. The molecule has 1 amide bonds. The van der Waals surface area contributed by atoms with Crippen molar-refractivity contribution in [2.24, 2.45) is 5.41 Å². The molecule has 3 N–H and O–H groups in total. The van der Waals surface area contributed by atoms with E-state index in [9.17, 15) is 9.90 Å². The number of hydrogen-bond donors (Lipinski definition) is 3. The summed E-state index contributed by atoms with van der Waals surface area (Å²) in [7, 11) is 0. The van der Waals surface area contributed by atoms with Gasteiger partial charge in [-0.15, -0.1) is 0 Å². The topological polar surface area (TPSA) is 70.6 Å². The highest BCUT2D eigenvalue weighted by molar-refractivity contribution is 7.97. The molecule has 1 saturated heterocycles. The van der Waals surface area contributed by atoms with E-state index in [1.807, 2.05) is 51.1 Å². The van der Waals surface area contributed by atoms with Crippen LogP contribution in [0.2, 0.25) is 0 Å². The summed E-state index contributed by atoms with van der Waals surface area (Å²) in [5, 5.41) is 12.5. The van der Waals surface area contributed by atoms with Gasteiger partial charge in [0.25, 0.3) is 0 Å². The van der Waals surface area contributed by atoms with Crippen molar-refractivity contribution in [1.82, 2.24) is 10.0 Å². The Balaban J connectivity index is 1.98. The monoisotopic (exact) mass is 324 g/mol. The van der Waals surface area contributed by atoms with Gasteiger partial charge in [0.1, 0.15) is 6.04 Å². The maximum absolute atomic E-state index is 12.6. The molecule has 3 unspecified atom stereocenters. The van der Waals surface area contributed by atoms with Gasteiger partial charge in [-0.05, 0) is 35.9 Å². The van der Waals surface area contributed by atoms with Crippen LogP contribution in [0.5, 0.6) is 0 Å². The van der Waals surface area contributed by atoms with E-state index in [4.69, 9.17) is 4.74 Å². The molecular weight excluding hydrogens is 300 g/mol. The molecular formula is C16H24N2O3S. The summed E-state index contributed by atoms with van der Waals surface area (Å²) >= 11 is 1.44. The van der Waals surface area contributed by atoms with Crippen LogP contribution in [0.1, 0.15) is 27.2 Å². The number of nitrogens with one attached hydrogen (secondary N) is 2. The molecule has 22 heavy (non-hydrogen) atoms. The van der Waals surface area contributed by atoms with E-state index >= 15 is 0 Å². The SMILES string of the molecule is CC(C)(C)C(NSc1ccccc1)C(=O)NC1CCOC1O. The molecule has 6 heteroatoms. The normalized spacial score (nSPS) is 23.3. The average molecular weight is 324 g/mol. The van der Waals surface area contributed by atoms with Gasteiger partial charge in [0.05, 0.1) is 12.6 Å². The van der Waals surface area contributed by atoms with Crippen LogP contribution in [0.4, 0.5) is 0 Å². The van der Waals surface area contributed by atoms with Crippen molar-refractivity contribution in [2.45, 2.75) is 50.5 Å². The first-order valence-corrected chi connectivity index (χ1v) is 8.27. The van der Waals surface area contributed by atoms with Crippen molar-refractivity contribution >= 4 is 17.9 Å². The van der Waals surface area contributed by atoms with Crippen molar-refractivity contribution in [2.75, 3.05) is 6.61 Å². The van der Waals surface area contributed by atoms with E-state index in [-0.39, 0.29) is 23.4 Å². The summed E-state index contributed by atoms with van der Waals surface area (Å²) in [6.07, 6.45) is -0.276. The molecule has 2 rings (SSSR count). The third kappa shape index (κ3) is 4.71. The van der Waals surface area contributed by atoms with Crippen LogP contribution in [0.3, 0.4) is 0 Å². The van der Waals surface area contributed by atoms with Gasteiger partial charge in [-0.2, -0.15) is 0 Å². The van der Waals surface area contributed by atoms with Crippen molar-refractivity contribution in [3.8, 4) is 0 Å². The van der Waals surface area contributed by atoms with Crippen LogP contribution in [0.25, 0.3) is 0 Å². The van der Waals surface area contributed by atoms with Crippen LogP contribution in [0.15, 0.2) is 35.2 Å². The molecule has 0 aliphatic carbocycles. The molecule has 1 aromatic carbocycles. The summed E-state index contributed by atoms with van der Waals surface area (Å²) in [4.78, 5) is 13.6. The standard InChI is InChI=1S/C16H24N2O3S/c1-16(2,3)13(18-22-11-7-5-4-6-8-11)14(19)17-12-9-10-21-15(12)20/h4-8,12-13,15,18,20H,9-10H2,1-3H3,(H,17,19). The van der Waals surface area contributed by atoms with Crippen LogP contribution >= 0.6 is 11.9 Å². The number of amides is 1. The van der Waals surface area contributed by atoms with Gasteiger partial charge in [0.2, 0.25) is 5.91 Å². The summed E-state index contributed by atoms with van der Waals surface area (Å²) in [5.74, 6) is -0.120. The second-order valence-electron chi connectivity index (χ2n) is 6.50. The fourth-order valence-electron chi connectivity index (χ4n) is 2.22. The Kier molecular flexibility index (Phi) is 5.86. The molecule has 1 heterocycles. The number of rotatable bonds is 5. The molecule has 0 aromatic heterocycles. The smallest absolute Gasteiger partial charge is 0.238 e. The van der Waals surface area contributed by atoms with Gasteiger partial charge in [0, 0.05) is 4.90 Å². The van der Waals surface area contributed by atoms with Crippen LogP contribution in [-0.2, 0) is 9.53 Å². The van der Waals surface area contributed by atoms with E-state index in [0.717, 1.165) is 4.90 Å². The van der Waals surface area contributed by atoms with Gasteiger partial charge >= 0.3 is 0 Å². The lowest BCUT2D eigenvalue weighted by Gasteiger charge is -2.31. The molecule has 0 spiro atoms. The maximum atomic E-state index is 12.6. The zero-order valence-electron chi connectivity index (χ0n) is 13.2. The zero-order valence-corrected chi connectivity index (χ0v) is 14.0. The van der Waals surface area contributed by atoms with Crippen LogP contribution in [-0.4, -0.2) is 36.0 Å². The van der Waals surface area contributed by atoms with Crippen molar-refractivity contribution < 1.29 is 14.6 Å². The number of aliphatic hydroxyl groups is 1. The predicted octanol–water partition coefficient (Wildman–Crippen LogP) is 1.92. The predicted molar refractivity (Wildman–Crippen MR) is 87.2 cm³/mol. The van der Waals surface area contributed by atoms with Gasteiger partial charge in [0.15, 0.2) is 6.29 Å². The van der Waals surface area contributed by atoms with Gasteiger partial charge in [-0.1, -0.05) is 39.0 Å². The lowest BCUT2D eigenvalue weighted by Crippen LogP contribution is -2.53. The largest absolute Gasteiger partial charge is 0.366 e. The number of aliphatic hydroxyl groups excluding tert-OH is 1. The highest BCUT2D eigenvalue weighted by Crippen LogP contribution is 2.24. The number of carbonyl (C=O) groups excluding carboxylic acids is 1. The van der Waals surface area contributed by atoms with Crippen LogP contribution in [0, 0.1) is 5.41 Å². The van der Waals surface area contributed by atoms with Gasteiger partial charge < -0.3 is 15.2 Å². The number of benzene rings is 1. The lowest BCUT2D eigenvalue weighted by atomic mass is 9.86. The molecule has 1 fully saturated rings. The molecule has 1 aromatic rings. The Hall–Kier alpha value is -1.08. The van der Waals surface area contributed by atoms with E-state index in [1.165, 1.54) is 11.9 Å². The fraction of sp³-hybridized carbons (Fsp3) is 0.562. The average Bonchev–Trinajstić information content (AvgIpc) is 2.84. The number of carbonyl (C=O) groups is 1. The first-order chi connectivity index (χ1) is 10.4. The first kappa shape index (κ1) is 17.3. The molecule has 0 saturated carbocycles. The van der Waals surface area contributed by atoms with E-state index < -0.39 is 6.29 Å². The zero-order chi connectivity index (χ0) is 16.2. The third-order valence-corrected chi connectivity index (χ3v) is 4.42. The summed E-state index contributed by atoms with van der Waals surface area (Å²) in [6, 6.07) is 9.14. The van der Waals surface area contributed by atoms with E-state index in [2.05, 4.69) is 10.0 Å². The molecule has 1 aliphatic heterocycles. The Bertz CT molecular complexity index is 490. The van der Waals surface area contributed by atoms with Crippen molar-refractivity contribution in [3.05, 3.63) is 30.3 Å². The lowest BCUT2D eigenvalue weighted by molar-refractivity contribution is -0.129. The quantitative estimate of drug-likeness (QED) is 0.722. The second-order valence-corrected chi connectivity index (χ2v) is 7.41. The molecule has 0 bridgehead atoms. The third-order valence-electron chi connectivity index (χ3n) is 3.56. The first-order valence-electron chi connectivity index (χ1n) is 7.45. The maximum Gasteiger partial charge on any atom is 0.238 e. The Morgan fingerprint density at radius 2 is 2.05 bits per heavy atom. The van der Waals surface area contributed by atoms with E-state index in [0.29, 0.717) is 13.0 Å². The fourth-order valence-corrected chi connectivity index (χ4v) is 3.23. The van der Waals surface area contributed by atoms with Gasteiger partial charge in [-0.25, -0.2) is 4.72 Å². The van der Waals surface area contributed by atoms with Crippen molar-refractivity contribution in [1.29, 1.82) is 0 Å². The Labute approximate surface area is 136 Å². The molecule has 0 radical (unpaired) electrons. The Morgan fingerprint density at radius 1 is 1.36 bits per heavy atom. The number of hydrogen-bond acceptors (Lipinski definition) is 5. The molecule has 122 valence electrons. The Morgan fingerprint density at radius 3 is 2.59 bits per heavy atom. The number of ether oxygens (including phenoxy) is 1. The van der Waals surface area contributed by atoms with Crippen LogP contribution < -0.4 is 10.0 Å². The second kappa shape index (κ2) is 7.46. The highest BCUT2D eigenvalue weighted by atomic mass is 32.2. The van der Waals surface area contributed by atoms with Crippen molar-refractivity contribution in [3.63, 3.8) is 0 Å².